The summed E-state index contributed by atoms with van der Waals surface area (Å²) < 4.78 is 17.0. The zero-order valence-electron chi connectivity index (χ0n) is 20.3. The smallest absolute Gasteiger partial charge is 0.413 e. The van der Waals surface area contributed by atoms with Crippen LogP contribution in [-0.4, -0.2) is 42.7 Å². The van der Waals surface area contributed by atoms with Gasteiger partial charge in [0.1, 0.15) is 23.9 Å². The van der Waals surface area contributed by atoms with E-state index in [1.807, 2.05) is 48.7 Å². The highest BCUT2D eigenvalue weighted by Gasteiger charge is 2.42. The van der Waals surface area contributed by atoms with Crippen molar-refractivity contribution in [2.45, 2.75) is 31.4 Å². The molecule has 1 spiro atoms. The number of likely N-dealkylation sites (tertiary alicyclic amines) is 1. The van der Waals surface area contributed by atoms with Crippen LogP contribution in [0.1, 0.15) is 41.6 Å². The highest BCUT2D eigenvalue weighted by atomic mass is 16.6. The number of aromatic nitrogens is 1. The molecule has 7 heteroatoms. The van der Waals surface area contributed by atoms with E-state index in [0.717, 1.165) is 78.4 Å². The third kappa shape index (κ3) is 4.09. The molecule has 0 unspecified atom stereocenters. The van der Waals surface area contributed by atoms with Gasteiger partial charge in [-0.2, -0.15) is 0 Å². The van der Waals surface area contributed by atoms with Crippen LogP contribution in [0, 0.1) is 0 Å². The van der Waals surface area contributed by atoms with Crippen molar-refractivity contribution in [2.75, 3.05) is 26.7 Å². The number of hydrogen-bond acceptors (Lipinski definition) is 6. The summed E-state index contributed by atoms with van der Waals surface area (Å²) in [6.45, 7) is 3.19. The number of carbonyl (C=O) groups is 1. The van der Waals surface area contributed by atoms with E-state index in [9.17, 15) is 4.79 Å². The van der Waals surface area contributed by atoms with Crippen molar-refractivity contribution in [1.29, 1.82) is 0 Å². The molecule has 3 aliphatic heterocycles. The maximum absolute atomic E-state index is 12.2. The monoisotopic (exact) mass is 483 g/mol. The van der Waals surface area contributed by atoms with Crippen LogP contribution in [0.5, 0.6) is 17.2 Å². The van der Waals surface area contributed by atoms with Gasteiger partial charge in [-0.25, -0.2) is 4.79 Å². The molecule has 1 N–H and O–H groups in total. The topological polar surface area (TPSA) is 72.9 Å². The molecule has 36 heavy (non-hydrogen) atoms. The summed E-state index contributed by atoms with van der Waals surface area (Å²) in [5, 5.41) is 3.12. The molecular formula is C29H29N3O4. The maximum Gasteiger partial charge on any atom is 0.413 e. The fourth-order valence-corrected chi connectivity index (χ4v) is 5.57. The van der Waals surface area contributed by atoms with E-state index in [-0.39, 0.29) is 11.6 Å². The van der Waals surface area contributed by atoms with Crippen molar-refractivity contribution in [3.8, 4) is 17.2 Å². The maximum atomic E-state index is 12.2. The molecule has 0 atom stereocenters. The first kappa shape index (κ1) is 22.6. The Labute approximate surface area is 210 Å². The molecule has 3 aromatic rings. The van der Waals surface area contributed by atoms with E-state index in [2.05, 4.69) is 33.4 Å². The standard InChI is InChI=1S/C29H29N3O4/c1-34-20-10-11-26-23(18-20)21(22-6-4-14-30-25(22)19-35-26)7-5-15-32-16-12-29(13-17-32)24-8-2-3-9-27(24)36-28(33)31-29/h2-4,6-11,14,18H,5,12-13,15-17,19H2,1H3,(H,31,33). The number of rotatable bonds is 4. The van der Waals surface area contributed by atoms with Gasteiger partial charge in [0, 0.05) is 42.5 Å². The minimum absolute atomic E-state index is 0.348. The normalized spacial score (nSPS) is 19.2. The molecule has 0 aliphatic carbocycles. The van der Waals surface area contributed by atoms with Crippen molar-refractivity contribution < 1.29 is 19.0 Å². The minimum Gasteiger partial charge on any atom is -0.497 e. The van der Waals surface area contributed by atoms with Crippen LogP contribution in [0.2, 0.25) is 0 Å². The Kier molecular flexibility index (Phi) is 5.85. The van der Waals surface area contributed by atoms with E-state index in [1.54, 1.807) is 7.11 Å². The van der Waals surface area contributed by atoms with Gasteiger partial charge in [-0.15, -0.1) is 0 Å². The van der Waals surface area contributed by atoms with Crippen LogP contribution in [0.3, 0.4) is 0 Å². The average Bonchev–Trinajstić information content (AvgIpc) is 3.06. The van der Waals surface area contributed by atoms with Crippen LogP contribution in [0.15, 0.2) is 66.9 Å². The second-order valence-electron chi connectivity index (χ2n) is 9.49. The SMILES string of the molecule is COc1ccc2c(c1)C(=CCCN1CCC3(CC1)NC(=O)Oc1ccccc13)c1cccnc1CO2. The van der Waals surface area contributed by atoms with Crippen molar-refractivity contribution in [1.82, 2.24) is 15.2 Å². The molecule has 184 valence electrons. The molecule has 1 aromatic heterocycles. The van der Waals surface area contributed by atoms with E-state index in [1.165, 1.54) is 0 Å². The fraction of sp³-hybridized carbons (Fsp3) is 0.310. The predicted molar refractivity (Wildman–Crippen MR) is 136 cm³/mol. The number of hydrogen-bond donors (Lipinski definition) is 1. The number of amides is 1. The molecule has 1 amide bonds. The Bertz CT molecular complexity index is 1330. The van der Waals surface area contributed by atoms with E-state index in [4.69, 9.17) is 14.2 Å². The summed E-state index contributed by atoms with van der Waals surface area (Å²) in [5.74, 6) is 2.32. The summed E-state index contributed by atoms with van der Waals surface area (Å²) in [6, 6.07) is 17.9. The largest absolute Gasteiger partial charge is 0.497 e. The second-order valence-corrected chi connectivity index (χ2v) is 9.49. The zero-order valence-corrected chi connectivity index (χ0v) is 20.3. The number of benzene rings is 2. The number of nitrogens with zero attached hydrogens (tertiary/aromatic N) is 2. The number of fused-ring (bicyclic) bond motifs is 4. The molecule has 1 fully saturated rings. The highest BCUT2D eigenvalue weighted by Crippen LogP contribution is 2.41. The number of piperidine rings is 1. The number of para-hydroxylation sites is 1. The molecule has 0 bridgehead atoms. The summed E-state index contributed by atoms with van der Waals surface area (Å²) in [5.41, 5.74) is 4.93. The first-order valence-corrected chi connectivity index (χ1v) is 12.4. The van der Waals surface area contributed by atoms with Gasteiger partial charge in [0.25, 0.3) is 0 Å². The van der Waals surface area contributed by atoms with Gasteiger partial charge < -0.3 is 24.4 Å². The van der Waals surface area contributed by atoms with Gasteiger partial charge in [0.05, 0.1) is 18.3 Å². The Morgan fingerprint density at radius 1 is 1.08 bits per heavy atom. The van der Waals surface area contributed by atoms with Gasteiger partial charge in [-0.3, -0.25) is 4.98 Å². The Morgan fingerprint density at radius 2 is 1.94 bits per heavy atom. The lowest BCUT2D eigenvalue weighted by molar-refractivity contribution is 0.112. The van der Waals surface area contributed by atoms with Crippen LogP contribution >= 0.6 is 0 Å². The van der Waals surface area contributed by atoms with E-state index in [0.29, 0.717) is 12.4 Å². The Morgan fingerprint density at radius 3 is 2.81 bits per heavy atom. The Hall–Kier alpha value is -3.84. The summed E-state index contributed by atoms with van der Waals surface area (Å²) in [6.07, 6.45) is 6.35. The molecule has 7 nitrogen and oxygen atoms in total. The van der Waals surface area contributed by atoms with Crippen LogP contribution in [-0.2, 0) is 12.1 Å². The van der Waals surface area contributed by atoms with Crippen LogP contribution in [0.4, 0.5) is 4.79 Å². The number of carbonyl (C=O) groups excluding carboxylic acids is 1. The highest BCUT2D eigenvalue weighted by molar-refractivity contribution is 5.85. The second kappa shape index (κ2) is 9.32. The Balaban J connectivity index is 1.20. The molecule has 3 aliphatic rings. The van der Waals surface area contributed by atoms with Crippen molar-refractivity contribution in [3.05, 3.63) is 89.3 Å². The lowest BCUT2D eigenvalue weighted by Gasteiger charge is -2.44. The third-order valence-corrected chi connectivity index (χ3v) is 7.47. The van der Waals surface area contributed by atoms with Gasteiger partial charge in [0.2, 0.25) is 0 Å². The number of nitrogens with one attached hydrogen (secondary N) is 1. The fourth-order valence-electron chi connectivity index (χ4n) is 5.57. The predicted octanol–water partition coefficient (Wildman–Crippen LogP) is 4.90. The van der Waals surface area contributed by atoms with Crippen molar-refractivity contribution in [3.63, 3.8) is 0 Å². The molecule has 6 rings (SSSR count). The van der Waals surface area contributed by atoms with Crippen molar-refractivity contribution >= 4 is 11.7 Å². The summed E-state index contributed by atoms with van der Waals surface area (Å²) in [4.78, 5) is 19.3. The molecule has 0 radical (unpaired) electrons. The zero-order chi connectivity index (χ0) is 24.5. The van der Waals surface area contributed by atoms with Gasteiger partial charge in [-0.05, 0) is 55.2 Å². The molecule has 2 aromatic carbocycles. The number of methoxy groups -OCH3 is 1. The van der Waals surface area contributed by atoms with Crippen molar-refractivity contribution in [2.24, 2.45) is 0 Å². The summed E-state index contributed by atoms with van der Waals surface area (Å²) in [7, 11) is 1.68. The molecule has 1 saturated heterocycles. The third-order valence-electron chi connectivity index (χ3n) is 7.47. The van der Waals surface area contributed by atoms with Gasteiger partial charge in [0.15, 0.2) is 0 Å². The lowest BCUT2D eigenvalue weighted by Crippen LogP contribution is -2.56. The molecule has 4 heterocycles. The average molecular weight is 484 g/mol. The van der Waals surface area contributed by atoms with E-state index < -0.39 is 0 Å². The summed E-state index contributed by atoms with van der Waals surface area (Å²) >= 11 is 0. The number of ether oxygens (including phenoxy) is 3. The number of pyridine rings is 1. The first-order chi connectivity index (χ1) is 17.6. The molecule has 0 saturated carbocycles. The van der Waals surface area contributed by atoms with E-state index >= 15 is 0 Å². The minimum atomic E-state index is -0.358. The van der Waals surface area contributed by atoms with Gasteiger partial charge >= 0.3 is 6.09 Å². The van der Waals surface area contributed by atoms with Crippen LogP contribution < -0.4 is 19.5 Å². The van der Waals surface area contributed by atoms with Gasteiger partial charge in [-0.1, -0.05) is 30.3 Å². The lowest BCUT2D eigenvalue weighted by atomic mass is 9.79. The quantitative estimate of drug-likeness (QED) is 0.569. The first-order valence-electron chi connectivity index (χ1n) is 12.4. The van der Waals surface area contributed by atoms with Crippen LogP contribution in [0.25, 0.3) is 5.57 Å². The molecular weight excluding hydrogens is 454 g/mol.